The number of amides is 2. The average Bonchev–Trinajstić information content (AvgIpc) is 3.01. The van der Waals surface area contributed by atoms with E-state index >= 15 is 0 Å². The molecule has 1 atom stereocenters. The molecule has 0 fully saturated rings. The summed E-state index contributed by atoms with van der Waals surface area (Å²) in [5.41, 5.74) is 1.34. The van der Waals surface area contributed by atoms with Crippen LogP contribution in [0.1, 0.15) is 39.2 Å². The number of ether oxygens (including phenoxy) is 1. The summed E-state index contributed by atoms with van der Waals surface area (Å²) in [6, 6.07) is 22.2. The number of sulfonamides is 1. The highest BCUT2D eigenvalue weighted by atomic mass is 32.2. The van der Waals surface area contributed by atoms with E-state index < -0.39 is 28.5 Å². The van der Waals surface area contributed by atoms with Gasteiger partial charge in [0.15, 0.2) is 0 Å². The van der Waals surface area contributed by atoms with Gasteiger partial charge in [0.2, 0.25) is 11.8 Å². The standard InChI is InChI=1S/C32H41N3O5S2/c1-5-22-33-32(37)30(6-2)34(23-21-25-11-9-8-10-12-25)31(36)24-35(26-13-15-27(16-14-26)40-7-3)42(38,39)29-19-17-28(41-4)18-20-29/h8-20,30H,5-7,21-24H2,1-4H3,(H,33,37). The highest BCUT2D eigenvalue weighted by Crippen LogP contribution is 2.28. The van der Waals surface area contributed by atoms with Crippen LogP contribution < -0.4 is 14.4 Å². The molecule has 0 bridgehead atoms. The Morgan fingerprint density at radius 1 is 0.929 bits per heavy atom. The van der Waals surface area contributed by atoms with Crippen LogP contribution in [0, 0.1) is 0 Å². The van der Waals surface area contributed by atoms with Gasteiger partial charge < -0.3 is 15.0 Å². The predicted octanol–water partition coefficient (Wildman–Crippen LogP) is 5.38. The maximum absolute atomic E-state index is 14.1. The van der Waals surface area contributed by atoms with Gasteiger partial charge in [-0.05, 0) is 86.5 Å². The van der Waals surface area contributed by atoms with Crippen molar-refractivity contribution >= 4 is 39.3 Å². The quantitative estimate of drug-likeness (QED) is 0.219. The second-order valence-corrected chi connectivity index (χ2v) is 12.4. The molecule has 0 saturated carbocycles. The van der Waals surface area contributed by atoms with Gasteiger partial charge in [0.25, 0.3) is 10.0 Å². The Hall–Kier alpha value is -3.50. The fourth-order valence-corrected chi connectivity index (χ4v) is 6.36. The molecule has 0 saturated heterocycles. The van der Waals surface area contributed by atoms with E-state index in [1.807, 2.05) is 57.4 Å². The summed E-state index contributed by atoms with van der Waals surface area (Å²) >= 11 is 1.51. The number of carbonyl (C=O) groups excluding carboxylic acids is 2. The normalized spacial score (nSPS) is 11.9. The minimum absolute atomic E-state index is 0.0746. The van der Waals surface area contributed by atoms with Crippen LogP contribution in [0.5, 0.6) is 5.75 Å². The van der Waals surface area contributed by atoms with Crippen molar-refractivity contribution in [2.24, 2.45) is 0 Å². The van der Waals surface area contributed by atoms with E-state index in [-0.39, 0.29) is 17.3 Å². The molecule has 3 rings (SSSR count). The molecule has 3 aromatic rings. The third-order valence-electron chi connectivity index (χ3n) is 6.78. The van der Waals surface area contributed by atoms with Crippen LogP contribution in [0.4, 0.5) is 5.69 Å². The Kier molecular flexibility index (Phi) is 12.7. The molecule has 0 heterocycles. The van der Waals surface area contributed by atoms with Crippen molar-refractivity contribution < 1.29 is 22.7 Å². The minimum Gasteiger partial charge on any atom is -0.494 e. The van der Waals surface area contributed by atoms with Gasteiger partial charge in [-0.1, -0.05) is 44.2 Å². The lowest BCUT2D eigenvalue weighted by Gasteiger charge is -2.33. The van der Waals surface area contributed by atoms with E-state index in [2.05, 4.69) is 5.32 Å². The van der Waals surface area contributed by atoms with Crippen molar-refractivity contribution in [3.05, 3.63) is 84.4 Å². The highest BCUT2D eigenvalue weighted by Gasteiger charge is 2.33. The van der Waals surface area contributed by atoms with Crippen LogP contribution in [-0.4, -0.2) is 63.7 Å². The zero-order valence-corrected chi connectivity index (χ0v) is 26.4. The van der Waals surface area contributed by atoms with E-state index in [1.165, 1.54) is 16.7 Å². The molecular formula is C32H41N3O5S2. The van der Waals surface area contributed by atoms with Gasteiger partial charge in [-0.2, -0.15) is 0 Å². The van der Waals surface area contributed by atoms with E-state index in [4.69, 9.17) is 4.74 Å². The SMILES string of the molecule is CCCNC(=O)C(CC)N(CCc1ccccc1)C(=O)CN(c1ccc(OCC)cc1)S(=O)(=O)c1ccc(SC)cc1. The summed E-state index contributed by atoms with van der Waals surface area (Å²) in [5, 5.41) is 2.91. The Balaban J connectivity index is 2.01. The van der Waals surface area contributed by atoms with Crippen molar-refractivity contribution in [1.82, 2.24) is 10.2 Å². The third-order valence-corrected chi connectivity index (χ3v) is 9.31. The maximum atomic E-state index is 14.1. The molecule has 0 spiro atoms. The van der Waals surface area contributed by atoms with Crippen LogP contribution in [0.15, 0.2) is 88.7 Å². The van der Waals surface area contributed by atoms with Crippen LogP contribution in [0.25, 0.3) is 0 Å². The van der Waals surface area contributed by atoms with Gasteiger partial charge in [0.1, 0.15) is 18.3 Å². The number of hydrogen-bond donors (Lipinski definition) is 1. The molecule has 3 aromatic carbocycles. The van der Waals surface area contributed by atoms with Crippen LogP contribution >= 0.6 is 11.8 Å². The first-order chi connectivity index (χ1) is 20.2. The van der Waals surface area contributed by atoms with Crippen molar-refractivity contribution in [3.8, 4) is 5.75 Å². The Morgan fingerprint density at radius 2 is 1.60 bits per heavy atom. The largest absolute Gasteiger partial charge is 0.494 e. The van der Waals surface area contributed by atoms with E-state index in [1.54, 1.807) is 48.5 Å². The molecule has 1 N–H and O–H groups in total. The summed E-state index contributed by atoms with van der Waals surface area (Å²) < 4.78 is 34.7. The molecular weight excluding hydrogens is 571 g/mol. The van der Waals surface area contributed by atoms with Crippen molar-refractivity contribution in [2.75, 3.05) is 36.8 Å². The summed E-state index contributed by atoms with van der Waals surface area (Å²) in [6.07, 6.45) is 3.59. The summed E-state index contributed by atoms with van der Waals surface area (Å²) in [7, 11) is -4.13. The molecule has 0 aliphatic carbocycles. The first-order valence-electron chi connectivity index (χ1n) is 14.3. The Labute approximate surface area is 254 Å². The van der Waals surface area contributed by atoms with Gasteiger partial charge in [-0.3, -0.25) is 13.9 Å². The van der Waals surface area contributed by atoms with E-state index in [0.717, 1.165) is 21.2 Å². The number of carbonyl (C=O) groups is 2. The molecule has 42 heavy (non-hydrogen) atoms. The fraction of sp³-hybridized carbons (Fsp3) is 0.375. The molecule has 2 amide bonds. The average molecular weight is 612 g/mol. The first-order valence-corrected chi connectivity index (χ1v) is 16.9. The molecule has 0 radical (unpaired) electrons. The fourth-order valence-electron chi connectivity index (χ4n) is 4.54. The first kappa shape index (κ1) is 33.0. The number of anilines is 1. The topological polar surface area (TPSA) is 96.0 Å². The van der Waals surface area contributed by atoms with Gasteiger partial charge in [-0.15, -0.1) is 11.8 Å². The van der Waals surface area contributed by atoms with Gasteiger partial charge >= 0.3 is 0 Å². The summed E-state index contributed by atoms with van der Waals surface area (Å²) in [6.45, 7) is 6.45. The monoisotopic (exact) mass is 611 g/mol. The molecule has 226 valence electrons. The smallest absolute Gasteiger partial charge is 0.264 e. The van der Waals surface area contributed by atoms with E-state index in [9.17, 15) is 18.0 Å². The number of thioether (sulfide) groups is 1. The molecule has 0 aliphatic rings. The van der Waals surface area contributed by atoms with Crippen molar-refractivity contribution in [2.45, 2.75) is 55.9 Å². The highest BCUT2D eigenvalue weighted by molar-refractivity contribution is 7.98. The van der Waals surface area contributed by atoms with Crippen molar-refractivity contribution in [3.63, 3.8) is 0 Å². The summed E-state index contributed by atoms with van der Waals surface area (Å²) in [5.74, 6) is -0.108. The van der Waals surface area contributed by atoms with Gasteiger partial charge in [-0.25, -0.2) is 8.42 Å². The molecule has 8 nitrogen and oxygen atoms in total. The predicted molar refractivity (Wildman–Crippen MR) is 170 cm³/mol. The number of rotatable bonds is 16. The van der Waals surface area contributed by atoms with E-state index in [0.29, 0.717) is 37.4 Å². The summed E-state index contributed by atoms with van der Waals surface area (Å²) in [4.78, 5) is 29.8. The lowest BCUT2D eigenvalue weighted by molar-refractivity contribution is -0.139. The lowest BCUT2D eigenvalue weighted by atomic mass is 10.1. The Bertz CT molecular complexity index is 1380. The van der Waals surface area contributed by atoms with Crippen LogP contribution in [0.3, 0.4) is 0 Å². The van der Waals surface area contributed by atoms with Gasteiger partial charge in [0.05, 0.1) is 17.2 Å². The molecule has 0 aromatic heterocycles. The maximum Gasteiger partial charge on any atom is 0.264 e. The zero-order valence-electron chi connectivity index (χ0n) is 24.8. The zero-order chi connectivity index (χ0) is 30.5. The minimum atomic E-state index is -4.13. The number of hydrogen-bond acceptors (Lipinski definition) is 6. The van der Waals surface area contributed by atoms with Gasteiger partial charge in [0, 0.05) is 18.0 Å². The molecule has 1 unspecified atom stereocenters. The number of benzene rings is 3. The van der Waals surface area contributed by atoms with Crippen molar-refractivity contribution in [1.29, 1.82) is 0 Å². The molecule has 10 heteroatoms. The Morgan fingerprint density at radius 3 is 2.17 bits per heavy atom. The number of nitrogens with zero attached hydrogens (tertiary/aromatic N) is 2. The molecule has 0 aliphatic heterocycles. The second kappa shape index (κ2) is 16.2. The van der Waals surface area contributed by atoms with Crippen LogP contribution in [-0.2, 0) is 26.0 Å². The second-order valence-electron chi connectivity index (χ2n) is 9.65. The third kappa shape index (κ3) is 8.75. The lowest BCUT2D eigenvalue weighted by Crippen LogP contribution is -2.53. The van der Waals surface area contributed by atoms with Crippen LogP contribution in [0.2, 0.25) is 0 Å². The number of nitrogens with one attached hydrogen (secondary N) is 1.